The number of amides is 1. The van der Waals surface area contributed by atoms with Gasteiger partial charge in [-0.05, 0) is 39.0 Å². The van der Waals surface area contributed by atoms with Gasteiger partial charge in [-0.2, -0.15) is 0 Å². The maximum atomic E-state index is 11.3. The Morgan fingerprint density at radius 1 is 1.54 bits per heavy atom. The molecular weight excluding hydrogens is 166 g/mol. The predicted molar refractivity (Wildman–Crippen MR) is 51.2 cm³/mol. The summed E-state index contributed by atoms with van der Waals surface area (Å²) < 4.78 is 0. The molecule has 0 aromatic rings. The zero-order valence-electron chi connectivity index (χ0n) is 8.42. The van der Waals surface area contributed by atoms with Crippen molar-refractivity contribution in [3.05, 3.63) is 0 Å². The standard InChI is InChI=1S/C10H19NO2/c1-7(12)3-6-10(13)11-8(2)9-4-5-9/h7-9,12H,3-6H2,1-2H3,(H,11,13). The maximum Gasteiger partial charge on any atom is 0.220 e. The molecule has 13 heavy (non-hydrogen) atoms. The summed E-state index contributed by atoms with van der Waals surface area (Å²) in [5.74, 6) is 0.774. The highest BCUT2D eigenvalue weighted by Crippen LogP contribution is 2.32. The van der Waals surface area contributed by atoms with E-state index in [1.807, 2.05) is 0 Å². The first kappa shape index (κ1) is 10.5. The molecule has 2 unspecified atom stereocenters. The Morgan fingerprint density at radius 2 is 2.15 bits per heavy atom. The van der Waals surface area contributed by atoms with Gasteiger partial charge >= 0.3 is 0 Å². The topological polar surface area (TPSA) is 49.3 Å². The van der Waals surface area contributed by atoms with Crippen molar-refractivity contribution in [2.75, 3.05) is 0 Å². The lowest BCUT2D eigenvalue weighted by Crippen LogP contribution is -2.34. The van der Waals surface area contributed by atoms with Gasteiger partial charge in [0.05, 0.1) is 6.10 Å². The second-order valence-electron chi connectivity index (χ2n) is 4.08. The van der Waals surface area contributed by atoms with Crippen molar-refractivity contribution in [2.24, 2.45) is 5.92 Å². The van der Waals surface area contributed by atoms with Crippen LogP contribution in [0.2, 0.25) is 0 Å². The average Bonchev–Trinajstić information content (AvgIpc) is 2.82. The molecule has 1 fully saturated rings. The van der Waals surface area contributed by atoms with Crippen LogP contribution in [-0.4, -0.2) is 23.2 Å². The molecule has 1 aliphatic carbocycles. The first-order chi connectivity index (χ1) is 6.09. The highest BCUT2D eigenvalue weighted by atomic mass is 16.3. The van der Waals surface area contributed by atoms with Crippen LogP contribution < -0.4 is 5.32 Å². The zero-order chi connectivity index (χ0) is 9.84. The quantitative estimate of drug-likeness (QED) is 0.673. The van der Waals surface area contributed by atoms with Crippen molar-refractivity contribution in [3.8, 4) is 0 Å². The van der Waals surface area contributed by atoms with Gasteiger partial charge < -0.3 is 10.4 Å². The van der Waals surface area contributed by atoms with Crippen LogP contribution in [-0.2, 0) is 4.79 Å². The summed E-state index contributed by atoms with van der Waals surface area (Å²) in [7, 11) is 0. The van der Waals surface area contributed by atoms with Crippen molar-refractivity contribution in [2.45, 2.75) is 51.7 Å². The molecule has 0 saturated heterocycles. The minimum atomic E-state index is -0.373. The van der Waals surface area contributed by atoms with Crippen LogP contribution in [0.3, 0.4) is 0 Å². The van der Waals surface area contributed by atoms with E-state index in [0.717, 1.165) is 0 Å². The van der Waals surface area contributed by atoms with E-state index >= 15 is 0 Å². The fourth-order valence-corrected chi connectivity index (χ4v) is 1.38. The third kappa shape index (κ3) is 4.27. The van der Waals surface area contributed by atoms with E-state index in [1.165, 1.54) is 12.8 Å². The number of aliphatic hydroxyl groups excluding tert-OH is 1. The SMILES string of the molecule is CC(O)CCC(=O)NC(C)C1CC1. The Morgan fingerprint density at radius 3 is 2.62 bits per heavy atom. The van der Waals surface area contributed by atoms with E-state index in [0.29, 0.717) is 24.8 Å². The molecule has 0 radical (unpaired) electrons. The Balaban J connectivity index is 2.09. The summed E-state index contributed by atoms with van der Waals surface area (Å²) in [6, 6.07) is 0.321. The van der Waals surface area contributed by atoms with Gasteiger partial charge in [-0.1, -0.05) is 0 Å². The minimum absolute atomic E-state index is 0.0697. The molecule has 76 valence electrons. The van der Waals surface area contributed by atoms with E-state index in [-0.39, 0.29) is 12.0 Å². The highest BCUT2D eigenvalue weighted by molar-refractivity contribution is 5.76. The van der Waals surface area contributed by atoms with Gasteiger partial charge in [0.2, 0.25) is 5.91 Å². The second-order valence-corrected chi connectivity index (χ2v) is 4.08. The molecule has 3 heteroatoms. The summed E-state index contributed by atoms with van der Waals surface area (Å²) in [4.78, 5) is 11.3. The molecule has 1 amide bonds. The third-order valence-corrected chi connectivity index (χ3v) is 2.51. The van der Waals surface area contributed by atoms with Gasteiger partial charge in [0.15, 0.2) is 0 Å². The molecule has 0 aromatic heterocycles. The van der Waals surface area contributed by atoms with Gasteiger partial charge in [-0.15, -0.1) is 0 Å². The molecule has 0 aliphatic heterocycles. The Kier molecular flexibility index (Phi) is 3.72. The van der Waals surface area contributed by atoms with E-state index in [9.17, 15) is 4.79 Å². The van der Waals surface area contributed by atoms with Crippen LogP contribution in [0.15, 0.2) is 0 Å². The monoisotopic (exact) mass is 185 g/mol. The van der Waals surface area contributed by atoms with Gasteiger partial charge in [0, 0.05) is 12.5 Å². The van der Waals surface area contributed by atoms with E-state index in [2.05, 4.69) is 12.2 Å². The lowest BCUT2D eigenvalue weighted by molar-refractivity contribution is -0.122. The molecule has 2 N–H and O–H groups in total. The summed E-state index contributed by atoms with van der Waals surface area (Å²) in [5.41, 5.74) is 0. The van der Waals surface area contributed by atoms with Crippen LogP contribution in [0.5, 0.6) is 0 Å². The van der Waals surface area contributed by atoms with Crippen molar-refractivity contribution < 1.29 is 9.90 Å². The van der Waals surface area contributed by atoms with E-state index < -0.39 is 0 Å². The van der Waals surface area contributed by atoms with Crippen LogP contribution in [0.4, 0.5) is 0 Å². The van der Waals surface area contributed by atoms with Gasteiger partial charge in [-0.3, -0.25) is 4.79 Å². The lowest BCUT2D eigenvalue weighted by Gasteiger charge is -2.12. The van der Waals surface area contributed by atoms with E-state index in [4.69, 9.17) is 5.11 Å². The van der Waals surface area contributed by atoms with Crippen molar-refractivity contribution in [3.63, 3.8) is 0 Å². The predicted octanol–water partition coefficient (Wildman–Crippen LogP) is 1.06. The number of carbonyl (C=O) groups excluding carboxylic acids is 1. The summed E-state index contributed by atoms with van der Waals surface area (Å²) in [5, 5.41) is 11.9. The van der Waals surface area contributed by atoms with Crippen LogP contribution in [0.25, 0.3) is 0 Å². The van der Waals surface area contributed by atoms with Gasteiger partial charge in [0.1, 0.15) is 0 Å². The number of rotatable bonds is 5. The fourth-order valence-electron chi connectivity index (χ4n) is 1.38. The molecular formula is C10H19NO2. The van der Waals surface area contributed by atoms with Crippen LogP contribution in [0, 0.1) is 5.92 Å². The lowest BCUT2D eigenvalue weighted by atomic mass is 10.2. The third-order valence-electron chi connectivity index (χ3n) is 2.51. The molecule has 0 bridgehead atoms. The van der Waals surface area contributed by atoms with Crippen molar-refractivity contribution in [1.82, 2.24) is 5.32 Å². The largest absolute Gasteiger partial charge is 0.393 e. The van der Waals surface area contributed by atoms with Gasteiger partial charge in [0.25, 0.3) is 0 Å². The molecule has 0 spiro atoms. The average molecular weight is 185 g/mol. The smallest absolute Gasteiger partial charge is 0.220 e. The highest BCUT2D eigenvalue weighted by Gasteiger charge is 2.28. The van der Waals surface area contributed by atoms with Crippen molar-refractivity contribution >= 4 is 5.91 Å². The maximum absolute atomic E-state index is 11.3. The number of carbonyl (C=O) groups is 1. The molecule has 3 nitrogen and oxygen atoms in total. The van der Waals surface area contributed by atoms with Crippen molar-refractivity contribution in [1.29, 1.82) is 0 Å². The number of nitrogens with one attached hydrogen (secondary N) is 1. The molecule has 1 saturated carbocycles. The van der Waals surface area contributed by atoms with Gasteiger partial charge in [-0.25, -0.2) is 0 Å². The second kappa shape index (κ2) is 4.61. The minimum Gasteiger partial charge on any atom is -0.393 e. The zero-order valence-corrected chi connectivity index (χ0v) is 8.42. The number of hydrogen-bond donors (Lipinski definition) is 2. The Hall–Kier alpha value is -0.570. The Labute approximate surface area is 79.5 Å². The molecule has 1 rings (SSSR count). The molecule has 2 atom stereocenters. The summed E-state index contributed by atoms with van der Waals surface area (Å²) in [6.45, 7) is 3.76. The number of aliphatic hydroxyl groups is 1. The first-order valence-electron chi connectivity index (χ1n) is 5.07. The van der Waals surface area contributed by atoms with Crippen LogP contribution in [0.1, 0.15) is 39.5 Å². The summed E-state index contributed by atoms with van der Waals surface area (Å²) in [6.07, 6.45) is 3.12. The first-order valence-corrected chi connectivity index (χ1v) is 5.07. The summed E-state index contributed by atoms with van der Waals surface area (Å²) >= 11 is 0. The van der Waals surface area contributed by atoms with Crippen LogP contribution >= 0.6 is 0 Å². The fraction of sp³-hybridized carbons (Fsp3) is 0.900. The molecule has 0 aromatic carbocycles. The van der Waals surface area contributed by atoms with E-state index in [1.54, 1.807) is 6.92 Å². The molecule has 1 aliphatic rings. The normalized spacial score (nSPS) is 20.8. The molecule has 0 heterocycles. The Bertz CT molecular complexity index is 176. The number of hydrogen-bond acceptors (Lipinski definition) is 2.